The highest BCUT2D eigenvalue weighted by molar-refractivity contribution is 4.49. The van der Waals surface area contributed by atoms with Crippen LogP contribution in [0.1, 0.15) is 124 Å². The van der Waals surface area contributed by atoms with Crippen molar-refractivity contribution >= 4 is 0 Å². The second-order valence-corrected chi connectivity index (χ2v) is 6.81. The zero-order chi connectivity index (χ0) is 18.1. The van der Waals surface area contributed by atoms with Crippen molar-refractivity contribution in [2.45, 2.75) is 124 Å². The molecule has 0 saturated carbocycles. The quantitative estimate of drug-likeness (QED) is 0.265. The first-order valence-electron chi connectivity index (χ1n) is 11.0. The summed E-state index contributed by atoms with van der Waals surface area (Å²) in [5.41, 5.74) is 0. The zero-order valence-corrected chi connectivity index (χ0v) is 17.3. The molecule has 0 heterocycles. The van der Waals surface area contributed by atoms with Crippen LogP contribution < -0.4 is 0 Å². The topological polar surface area (TPSA) is 29.5 Å². The minimum absolute atomic E-state index is 0.373. The number of ether oxygens (including phenoxy) is 1. The van der Waals surface area contributed by atoms with Crippen LogP contribution in [0.5, 0.6) is 0 Å². The van der Waals surface area contributed by atoms with E-state index in [9.17, 15) is 0 Å². The molecule has 2 nitrogen and oxygen atoms in total. The second-order valence-electron chi connectivity index (χ2n) is 6.81. The van der Waals surface area contributed by atoms with Gasteiger partial charge in [0, 0.05) is 19.8 Å². The Morgan fingerprint density at radius 1 is 0.458 bits per heavy atom. The van der Waals surface area contributed by atoms with Crippen molar-refractivity contribution in [2.75, 3.05) is 19.8 Å². The van der Waals surface area contributed by atoms with Gasteiger partial charge in [-0.3, -0.25) is 0 Å². The Morgan fingerprint density at radius 3 is 0.958 bits per heavy atom. The van der Waals surface area contributed by atoms with Crippen molar-refractivity contribution in [2.24, 2.45) is 0 Å². The Labute approximate surface area is 153 Å². The molecular formula is C22H48O2. The predicted octanol–water partition coefficient (Wildman–Crippen LogP) is 7.28. The second kappa shape index (κ2) is 27.8. The van der Waals surface area contributed by atoms with Crippen LogP contribution in [0.15, 0.2) is 0 Å². The number of hydrogen-bond acceptors (Lipinski definition) is 2. The molecule has 0 fully saturated rings. The molecule has 0 bridgehead atoms. The lowest BCUT2D eigenvalue weighted by molar-refractivity contribution is 0.162. The summed E-state index contributed by atoms with van der Waals surface area (Å²) < 4.78 is 4.83. The average molecular weight is 345 g/mol. The van der Waals surface area contributed by atoms with E-state index in [4.69, 9.17) is 9.84 Å². The molecule has 0 aromatic heterocycles. The molecule has 2 heteroatoms. The fourth-order valence-electron chi connectivity index (χ4n) is 2.86. The van der Waals surface area contributed by atoms with E-state index < -0.39 is 0 Å². The maximum atomic E-state index is 8.67. The van der Waals surface area contributed by atoms with Gasteiger partial charge in [-0.1, -0.05) is 103 Å². The van der Waals surface area contributed by atoms with Crippen LogP contribution in [0, 0.1) is 0 Å². The Hall–Kier alpha value is -0.0800. The highest BCUT2D eigenvalue weighted by Crippen LogP contribution is 2.13. The van der Waals surface area contributed by atoms with Gasteiger partial charge in [-0.2, -0.15) is 0 Å². The van der Waals surface area contributed by atoms with Gasteiger partial charge in [-0.25, -0.2) is 0 Å². The van der Waals surface area contributed by atoms with Crippen LogP contribution in [0.25, 0.3) is 0 Å². The molecule has 0 aliphatic heterocycles. The molecule has 0 saturated heterocycles. The third-order valence-corrected chi connectivity index (χ3v) is 4.42. The number of hydrogen-bond donors (Lipinski definition) is 1. The van der Waals surface area contributed by atoms with Crippen molar-refractivity contribution in [3.8, 4) is 0 Å². The number of aliphatic hydroxyl groups is 1. The molecule has 0 aliphatic carbocycles. The van der Waals surface area contributed by atoms with Crippen LogP contribution in [0.4, 0.5) is 0 Å². The maximum absolute atomic E-state index is 8.67. The fraction of sp³-hybridized carbons (Fsp3) is 1.00. The zero-order valence-electron chi connectivity index (χ0n) is 17.3. The van der Waals surface area contributed by atoms with E-state index in [1.54, 1.807) is 0 Å². The first-order valence-corrected chi connectivity index (χ1v) is 11.0. The summed E-state index contributed by atoms with van der Waals surface area (Å²) in [7, 11) is 0. The Morgan fingerprint density at radius 2 is 0.750 bits per heavy atom. The van der Waals surface area contributed by atoms with E-state index in [0.29, 0.717) is 6.61 Å². The molecule has 0 aromatic carbocycles. The first kappa shape index (κ1) is 26.2. The van der Waals surface area contributed by atoms with Crippen molar-refractivity contribution < 1.29 is 9.84 Å². The normalized spacial score (nSPS) is 10.5. The van der Waals surface area contributed by atoms with E-state index in [1.165, 1.54) is 96.3 Å². The fourth-order valence-corrected chi connectivity index (χ4v) is 2.86. The number of unbranched alkanes of at least 4 members (excludes halogenated alkanes) is 15. The average Bonchev–Trinajstić information content (AvgIpc) is 2.60. The van der Waals surface area contributed by atoms with Crippen LogP contribution in [-0.4, -0.2) is 24.9 Å². The van der Waals surface area contributed by atoms with E-state index in [0.717, 1.165) is 19.6 Å². The third-order valence-electron chi connectivity index (χ3n) is 4.42. The largest absolute Gasteiger partial charge is 0.396 e. The molecule has 0 unspecified atom stereocenters. The van der Waals surface area contributed by atoms with Gasteiger partial charge in [0.15, 0.2) is 0 Å². The molecule has 0 radical (unpaired) electrons. The molecule has 148 valence electrons. The molecule has 0 aliphatic rings. The summed E-state index contributed by atoms with van der Waals surface area (Å²) in [5.74, 6) is 0. The summed E-state index contributed by atoms with van der Waals surface area (Å²) in [4.78, 5) is 0. The van der Waals surface area contributed by atoms with Crippen molar-refractivity contribution in [3.63, 3.8) is 0 Å². The lowest BCUT2D eigenvalue weighted by Crippen LogP contribution is -1.85. The third kappa shape index (κ3) is 29.9. The maximum Gasteiger partial charge on any atom is 0.0437 e. The standard InChI is InChI=1S/C18H38O.C4H10O/c1-2-3-4-5-6-7-8-9-10-11-12-13-14-15-16-17-18-19;1-3-5-4-2/h19H,2-18H2,1H3;3-4H2,1-2H3. The molecule has 24 heavy (non-hydrogen) atoms. The molecule has 1 N–H and O–H groups in total. The summed E-state index contributed by atoms with van der Waals surface area (Å²) in [6.45, 7) is 8.32. The van der Waals surface area contributed by atoms with Crippen LogP contribution in [0.3, 0.4) is 0 Å². The smallest absolute Gasteiger partial charge is 0.0437 e. The Balaban J connectivity index is 0. The molecule has 0 amide bonds. The van der Waals surface area contributed by atoms with Crippen molar-refractivity contribution in [3.05, 3.63) is 0 Å². The highest BCUT2D eigenvalue weighted by atomic mass is 16.5. The van der Waals surface area contributed by atoms with Gasteiger partial charge in [0.05, 0.1) is 0 Å². The van der Waals surface area contributed by atoms with E-state index in [-0.39, 0.29) is 0 Å². The van der Waals surface area contributed by atoms with E-state index in [2.05, 4.69) is 6.92 Å². The molecule has 0 aromatic rings. The lowest BCUT2D eigenvalue weighted by atomic mass is 10.0. The van der Waals surface area contributed by atoms with E-state index >= 15 is 0 Å². The van der Waals surface area contributed by atoms with Gasteiger partial charge in [0.2, 0.25) is 0 Å². The summed E-state index contributed by atoms with van der Waals surface area (Å²) in [6, 6.07) is 0. The van der Waals surface area contributed by atoms with Gasteiger partial charge in [0.1, 0.15) is 0 Å². The Kier molecular flexibility index (Phi) is 30.2. The van der Waals surface area contributed by atoms with Gasteiger partial charge in [-0.15, -0.1) is 0 Å². The van der Waals surface area contributed by atoms with Gasteiger partial charge in [-0.05, 0) is 20.3 Å². The molecule has 0 atom stereocenters. The predicted molar refractivity (Wildman–Crippen MR) is 109 cm³/mol. The SMILES string of the molecule is CCCCCCCCCCCCCCCCCCO.CCOCC. The molecule has 0 spiro atoms. The van der Waals surface area contributed by atoms with E-state index in [1.807, 2.05) is 13.8 Å². The molecule has 0 rings (SSSR count). The summed E-state index contributed by atoms with van der Waals surface area (Å²) in [5, 5.41) is 8.67. The minimum Gasteiger partial charge on any atom is -0.396 e. The lowest BCUT2D eigenvalue weighted by Gasteiger charge is -2.03. The van der Waals surface area contributed by atoms with Crippen molar-refractivity contribution in [1.29, 1.82) is 0 Å². The number of aliphatic hydroxyl groups excluding tert-OH is 1. The monoisotopic (exact) mass is 344 g/mol. The summed E-state index contributed by atoms with van der Waals surface area (Å²) in [6.07, 6.45) is 22.2. The van der Waals surface area contributed by atoms with Crippen LogP contribution >= 0.6 is 0 Å². The van der Waals surface area contributed by atoms with Gasteiger partial charge in [0.25, 0.3) is 0 Å². The first-order chi connectivity index (χ1) is 11.8. The molecular weight excluding hydrogens is 296 g/mol. The summed E-state index contributed by atoms with van der Waals surface area (Å²) >= 11 is 0. The Bertz CT molecular complexity index is 165. The number of rotatable bonds is 18. The van der Waals surface area contributed by atoms with Crippen molar-refractivity contribution in [1.82, 2.24) is 0 Å². The highest BCUT2D eigenvalue weighted by Gasteiger charge is 1.94. The van der Waals surface area contributed by atoms with Crippen LogP contribution in [-0.2, 0) is 4.74 Å². The van der Waals surface area contributed by atoms with Gasteiger partial charge < -0.3 is 9.84 Å². The minimum atomic E-state index is 0.373. The van der Waals surface area contributed by atoms with Gasteiger partial charge >= 0.3 is 0 Å². The van der Waals surface area contributed by atoms with Crippen LogP contribution in [0.2, 0.25) is 0 Å².